The Bertz CT molecular complexity index is 1700. The fraction of sp³-hybridized carbons (Fsp3) is 0.375. The number of halogens is 6. The molecule has 0 bridgehead atoms. The highest BCUT2D eigenvalue weighted by molar-refractivity contribution is 7.82. The Kier molecular flexibility index (Phi) is 15.1. The predicted molar refractivity (Wildman–Crippen MR) is 196 cm³/mol. The number of nitrogens with one attached hydrogen (secondary N) is 4. The molecule has 0 saturated heterocycles. The molecule has 22 heteroatoms. The number of hydrogen-bond donors (Lipinski definition) is 4. The smallest absolute Gasteiger partial charge is 0.297 e. The Hall–Kier alpha value is -3.37. The number of rotatable bonds is 20. The van der Waals surface area contributed by atoms with Gasteiger partial charge >= 0.3 is 20.0 Å². The largest absolute Gasteiger partial charge is 0.412 e. The first-order chi connectivity index (χ1) is 25.8. The first kappa shape index (κ1) is 41.8. The number of hydrogen-bond acceptors (Lipinski definition) is 13. The van der Waals surface area contributed by atoms with E-state index in [4.69, 9.17) is 13.6 Å². The summed E-state index contributed by atoms with van der Waals surface area (Å²) in [5.41, 5.74) is 2.74. The van der Waals surface area contributed by atoms with Crippen molar-refractivity contribution >= 4 is 22.7 Å². The Labute approximate surface area is 309 Å². The zero-order valence-electron chi connectivity index (χ0n) is 28.9. The van der Waals surface area contributed by atoms with E-state index in [1.54, 1.807) is 97.6 Å². The normalized spacial score (nSPS) is 16.2. The zero-order chi connectivity index (χ0) is 38.4. The quantitative estimate of drug-likeness (QED) is 0.0511. The first-order valence-corrected chi connectivity index (χ1v) is 21.7. The van der Waals surface area contributed by atoms with Gasteiger partial charge in [-0.15, -0.1) is 0 Å². The lowest BCUT2D eigenvalue weighted by atomic mass is 10.3. The van der Waals surface area contributed by atoms with Crippen molar-refractivity contribution in [2.75, 3.05) is 39.4 Å². The molecule has 0 amide bonds. The standard InChI is InChI=1S/C32H40F6N11O2P3/c33-31(34,35)25-50-54(51-26-32(36,37)38)48-52(43-21-13-27-9-1-5-17-39-27,44-22-14-28-10-2-6-18-40-28)47-53(49-54,45-23-15-29-11-3-7-19-41-29)46-24-16-30-12-4-8-20-42-30/h1-12,17-20,43-46H,13-16,21-26H2. The summed E-state index contributed by atoms with van der Waals surface area (Å²) >= 11 is 0. The SMILES string of the molecule is FC(F)(F)COP1(OCC(F)(F)F)=NP(NCCc2ccccn2)(NCCc2ccccn2)=NP(NCCc2ccccn2)(NCCc2ccccn2)=N1. The van der Waals surface area contributed by atoms with Crippen molar-refractivity contribution in [1.29, 1.82) is 0 Å². The second-order valence-electron chi connectivity index (χ2n) is 11.7. The third-order valence-corrected chi connectivity index (χ3v) is 16.8. The molecule has 0 aromatic carbocycles. The average molecular weight is 818 g/mol. The minimum atomic E-state index is -4.95. The van der Waals surface area contributed by atoms with E-state index in [2.05, 4.69) is 49.3 Å². The van der Waals surface area contributed by atoms with Crippen LogP contribution in [0.5, 0.6) is 0 Å². The van der Waals surface area contributed by atoms with Crippen LogP contribution in [0.2, 0.25) is 0 Å². The van der Waals surface area contributed by atoms with Crippen LogP contribution < -0.4 is 20.3 Å². The van der Waals surface area contributed by atoms with Gasteiger partial charge in [0.2, 0.25) is 15.0 Å². The number of alkyl halides is 6. The predicted octanol–water partition coefficient (Wildman–Crippen LogP) is 7.91. The molecule has 5 rings (SSSR count). The van der Waals surface area contributed by atoms with Crippen molar-refractivity contribution in [2.45, 2.75) is 38.0 Å². The molecule has 4 aromatic heterocycles. The van der Waals surface area contributed by atoms with Crippen molar-refractivity contribution in [3.63, 3.8) is 0 Å². The molecule has 0 radical (unpaired) electrons. The fourth-order valence-corrected chi connectivity index (χ4v) is 15.9. The Morgan fingerprint density at radius 3 is 1.04 bits per heavy atom. The maximum absolute atomic E-state index is 13.8. The summed E-state index contributed by atoms with van der Waals surface area (Å²) in [6, 6.07) is 21.3. The summed E-state index contributed by atoms with van der Waals surface area (Å²) in [4.78, 5) is 17.3. The highest BCUT2D eigenvalue weighted by atomic mass is 31.3. The van der Waals surface area contributed by atoms with Crippen LogP contribution in [0.1, 0.15) is 22.8 Å². The summed E-state index contributed by atoms with van der Waals surface area (Å²) in [6.45, 7) is -3.39. The molecule has 13 nitrogen and oxygen atoms in total. The Morgan fingerprint density at radius 2 is 0.759 bits per heavy atom. The monoisotopic (exact) mass is 817 g/mol. The average Bonchev–Trinajstić information content (AvgIpc) is 3.15. The van der Waals surface area contributed by atoms with Gasteiger partial charge in [0.15, 0.2) is 13.2 Å². The van der Waals surface area contributed by atoms with Crippen molar-refractivity contribution in [3.8, 4) is 0 Å². The molecule has 0 fully saturated rings. The highest BCUT2D eigenvalue weighted by Crippen LogP contribution is 2.75. The molecular weight excluding hydrogens is 777 g/mol. The second kappa shape index (κ2) is 19.5. The fourth-order valence-electron chi connectivity index (χ4n) is 4.93. The van der Waals surface area contributed by atoms with E-state index in [1.165, 1.54) is 0 Å². The molecule has 0 spiro atoms. The lowest BCUT2D eigenvalue weighted by Gasteiger charge is -2.36. The van der Waals surface area contributed by atoms with Gasteiger partial charge in [0, 0.05) is 99.4 Å². The third kappa shape index (κ3) is 14.0. The van der Waals surface area contributed by atoms with E-state index in [9.17, 15) is 26.3 Å². The maximum atomic E-state index is 13.8. The Balaban J connectivity index is 1.63. The van der Waals surface area contributed by atoms with E-state index in [0.29, 0.717) is 48.5 Å². The van der Waals surface area contributed by atoms with Crippen molar-refractivity contribution in [3.05, 3.63) is 120 Å². The van der Waals surface area contributed by atoms with Gasteiger partial charge in [-0.1, -0.05) is 24.3 Å². The van der Waals surface area contributed by atoms with E-state index in [0.717, 1.165) is 0 Å². The second-order valence-corrected chi connectivity index (χ2v) is 19.0. The van der Waals surface area contributed by atoms with Gasteiger partial charge in [0.05, 0.1) is 0 Å². The van der Waals surface area contributed by atoms with E-state index in [-0.39, 0.29) is 26.2 Å². The van der Waals surface area contributed by atoms with Crippen molar-refractivity contribution in [1.82, 2.24) is 40.3 Å². The maximum Gasteiger partial charge on any atom is 0.412 e. The topological polar surface area (TPSA) is 155 Å². The van der Waals surface area contributed by atoms with Gasteiger partial charge in [-0.05, 0) is 48.5 Å². The summed E-state index contributed by atoms with van der Waals surface area (Å²) in [7, 11) is -12.2. The van der Waals surface area contributed by atoms with Crippen LogP contribution in [0.3, 0.4) is 0 Å². The molecule has 54 heavy (non-hydrogen) atoms. The molecule has 0 unspecified atom stereocenters. The molecule has 1 aliphatic rings. The van der Waals surface area contributed by atoms with Crippen LogP contribution in [0.4, 0.5) is 26.3 Å². The molecular formula is C32H40F6N11O2P3. The van der Waals surface area contributed by atoms with Crippen LogP contribution in [0.25, 0.3) is 0 Å². The number of nitrogens with zero attached hydrogens (tertiary/aromatic N) is 7. The Morgan fingerprint density at radius 1 is 0.444 bits per heavy atom. The molecule has 4 aromatic rings. The van der Waals surface area contributed by atoms with Gasteiger partial charge in [-0.3, -0.25) is 49.3 Å². The first-order valence-electron chi connectivity index (χ1n) is 16.8. The summed E-state index contributed by atoms with van der Waals surface area (Å²) < 4.78 is 108. The summed E-state index contributed by atoms with van der Waals surface area (Å²) in [6.07, 6.45) is -2.14. The van der Waals surface area contributed by atoms with Crippen LogP contribution in [-0.4, -0.2) is 71.7 Å². The number of pyridine rings is 4. The lowest BCUT2D eigenvalue weighted by Crippen LogP contribution is -2.31. The summed E-state index contributed by atoms with van der Waals surface area (Å²) in [5.74, 6) is 0. The van der Waals surface area contributed by atoms with Gasteiger partial charge < -0.3 is 0 Å². The van der Waals surface area contributed by atoms with Gasteiger partial charge in [0.1, 0.15) is 0 Å². The number of aromatic nitrogens is 4. The molecule has 292 valence electrons. The summed E-state index contributed by atoms with van der Waals surface area (Å²) in [5, 5.41) is 13.1. The molecule has 0 atom stereocenters. The minimum absolute atomic E-state index is 0.134. The van der Waals surface area contributed by atoms with Crippen molar-refractivity contribution < 1.29 is 35.4 Å². The van der Waals surface area contributed by atoms with Crippen LogP contribution in [0, 0.1) is 0 Å². The van der Waals surface area contributed by atoms with Gasteiger partial charge in [-0.25, -0.2) is 0 Å². The van der Waals surface area contributed by atoms with E-state index < -0.39 is 48.2 Å². The molecule has 0 aliphatic carbocycles. The minimum Gasteiger partial charge on any atom is -0.297 e. The van der Waals surface area contributed by atoms with E-state index >= 15 is 0 Å². The zero-order valence-corrected chi connectivity index (χ0v) is 31.5. The third-order valence-electron chi connectivity index (χ3n) is 7.29. The molecule has 0 saturated carbocycles. The van der Waals surface area contributed by atoms with Crippen LogP contribution in [-0.2, 0) is 34.7 Å². The lowest BCUT2D eigenvalue weighted by molar-refractivity contribution is -0.163. The highest BCUT2D eigenvalue weighted by Gasteiger charge is 2.44. The van der Waals surface area contributed by atoms with Crippen LogP contribution >= 0.6 is 22.7 Å². The van der Waals surface area contributed by atoms with E-state index in [1.807, 2.05) is 0 Å². The van der Waals surface area contributed by atoms with Gasteiger partial charge in [-0.2, -0.15) is 39.9 Å². The molecule has 4 N–H and O–H groups in total. The molecule has 1 aliphatic heterocycles. The van der Waals surface area contributed by atoms with Crippen molar-refractivity contribution in [2.24, 2.45) is 13.5 Å². The molecule has 5 heterocycles. The van der Waals surface area contributed by atoms with Gasteiger partial charge in [0.25, 0.3) is 0 Å². The van der Waals surface area contributed by atoms with Crippen LogP contribution in [0.15, 0.2) is 111 Å².